The Balaban J connectivity index is 2.44. The van der Waals surface area contributed by atoms with Crippen LogP contribution >= 0.6 is 0 Å². The molecule has 0 saturated carbocycles. The predicted octanol–water partition coefficient (Wildman–Crippen LogP) is 2.33. The molecule has 12 heteroatoms. The topological polar surface area (TPSA) is 142 Å². The number of halogens is 3. The molecule has 2 atom stereocenters. The van der Waals surface area contributed by atoms with Crippen molar-refractivity contribution < 1.29 is 37.2 Å². The number of primary amides is 1. The number of ether oxygens (including phenoxy) is 1. The molecule has 2 amide bonds. The third-order valence-electron chi connectivity index (χ3n) is 4.45. The van der Waals surface area contributed by atoms with Gasteiger partial charge in [-0.2, -0.15) is 0 Å². The van der Waals surface area contributed by atoms with Gasteiger partial charge in [0.2, 0.25) is 5.91 Å². The van der Waals surface area contributed by atoms with Crippen LogP contribution in [0.5, 0.6) is 0 Å². The Hall–Kier alpha value is -3.96. The molecular formula is C20H18F3N3O6. The van der Waals surface area contributed by atoms with E-state index in [1.807, 2.05) is 0 Å². The van der Waals surface area contributed by atoms with Crippen LogP contribution < -0.4 is 11.1 Å². The van der Waals surface area contributed by atoms with Crippen LogP contribution in [-0.2, 0) is 14.3 Å². The second-order valence-electron chi connectivity index (χ2n) is 6.56. The highest BCUT2D eigenvalue weighted by Gasteiger charge is 2.34. The molecule has 2 aromatic rings. The van der Waals surface area contributed by atoms with E-state index in [4.69, 9.17) is 10.5 Å². The van der Waals surface area contributed by atoms with Crippen LogP contribution in [0.3, 0.4) is 0 Å². The highest BCUT2D eigenvalue weighted by molar-refractivity contribution is 5.98. The fourth-order valence-electron chi connectivity index (χ4n) is 3.01. The molecule has 32 heavy (non-hydrogen) atoms. The number of nitro benzene ring substituents is 1. The van der Waals surface area contributed by atoms with Crippen molar-refractivity contribution in [3.8, 4) is 0 Å². The van der Waals surface area contributed by atoms with Crippen molar-refractivity contribution in [2.45, 2.75) is 25.3 Å². The highest BCUT2D eigenvalue weighted by Crippen LogP contribution is 2.27. The van der Waals surface area contributed by atoms with Gasteiger partial charge in [0.05, 0.1) is 18.0 Å². The van der Waals surface area contributed by atoms with Gasteiger partial charge in [0.1, 0.15) is 29.1 Å². The molecule has 0 fully saturated rings. The summed E-state index contributed by atoms with van der Waals surface area (Å²) in [6, 6.07) is 3.58. The van der Waals surface area contributed by atoms with E-state index in [0.717, 1.165) is 12.1 Å². The summed E-state index contributed by atoms with van der Waals surface area (Å²) >= 11 is 0. The number of carbonyl (C=O) groups is 3. The van der Waals surface area contributed by atoms with Crippen LogP contribution in [0.25, 0.3) is 0 Å². The number of nitro groups is 1. The van der Waals surface area contributed by atoms with Gasteiger partial charge in [-0.15, -0.1) is 0 Å². The van der Waals surface area contributed by atoms with Gasteiger partial charge in [-0.1, -0.05) is 12.1 Å². The molecular weight excluding hydrogens is 435 g/mol. The van der Waals surface area contributed by atoms with E-state index >= 15 is 0 Å². The standard InChI is InChI=1S/C20H18F3N3O6/c1-2-32-16(27)9-13(10-3-5-12(6-4-10)26(30)31)18(19(24)28)25-20(29)17-14(22)7-11(21)8-15(17)23/h3-8,13,18H,2,9H2,1H3,(H2,24,28)(H,25,29)/t13-,18-/m0/s1. The molecule has 0 bridgehead atoms. The summed E-state index contributed by atoms with van der Waals surface area (Å²) < 4.78 is 45.9. The smallest absolute Gasteiger partial charge is 0.306 e. The zero-order chi connectivity index (χ0) is 24.0. The second-order valence-corrected chi connectivity index (χ2v) is 6.56. The number of carbonyl (C=O) groups excluding carboxylic acids is 3. The summed E-state index contributed by atoms with van der Waals surface area (Å²) in [5.41, 5.74) is 4.12. The van der Waals surface area contributed by atoms with Gasteiger partial charge >= 0.3 is 5.97 Å². The van der Waals surface area contributed by atoms with E-state index < -0.39 is 64.1 Å². The molecule has 0 aliphatic carbocycles. The van der Waals surface area contributed by atoms with Crippen LogP contribution in [0.2, 0.25) is 0 Å². The number of hydrogen-bond donors (Lipinski definition) is 2. The quantitative estimate of drug-likeness (QED) is 0.339. The normalized spacial score (nSPS) is 12.5. The molecule has 2 rings (SSSR count). The van der Waals surface area contributed by atoms with E-state index in [1.165, 1.54) is 19.1 Å². The second kappa shape index (κ2) is 10.4. The van der Waals surface area contributed by atoms with Crippen molar-refractivity contribution in [2.24, 2.45) is 5.73 Å². The number of nitrogens with one attached hydrogen (secondary N) is 1. The van der Waals surface area contributed by atoms with E-state index in [0.29, 0.717) is 0 Å². The lowest BCUT2D eigenvalue weighted by Gasteiger charge is -2.25. The lowest BCUT2D eigenvalue weighted by molar-refractivity contribution is -0.384. The maximum Gasteiger partial charge on any atom is 0.306 e. The zero-order valence-electron chi connectivity index (χ0n) is 16.6. The Bertz CT molecular complexity index is 1020. The number of benzene rings is 2. The minimum Gasteiger partial charge on any atom is -0.466 e. The van der Waals surface area contributed by atoms with Crippen LogP contribution in [-0.4, -0.2) is 35.4 Å². The predicted molar refractivity (Wildman–Crippen MR) is 104 cm³/mol. The number of rotatable bonds is 9. The van der Waals surface area contributed by atoms with Gasteiger partial charge in [-0.05, 0) is 12.5 Å². The number of amides is 2. The zero-order valence-corrected chi connectivity index (χ0v) is 16.6. The Morgan fingerprint density at radius 3 is 2.16 bits per heavy atom. The summed E-state index contributed by atoms with van der Waals surface area (Å²) in [4.78, 5) is 46.9. The summed E-state index contributed by atoms with van der Waals surface area (Å²) in [5, 5.41) is 12.9. The van der Waals surface area contributed by atoms with Crippen molar-refractivity contribution in [3.05, 3.63) is 75.1 Å². The maximum absolute atomic E-state index is 14.0. The minimum absolute atomic E-state index is 0.00537. The molecule has 9 nitrogen and oxygen atoms in total. The van der Waals surface area contributed by atoms with E-state index in [-0.39, 0.29) is 30.0 Å². The fraction of sp³-hybridized carbons (Fsp3) is 0.250. The van der Waals surface area contributed by atoms with E-state index in [2.05, 4.69) is 5.32 Å². The van der Waals surface area contributed by atoms with Crippen LogP contribution in [0, 0.1) is 27.6 Å². The Kier molecular flexibility index (Phi) is 7.88. The van der Waals surface area contributed by atoms with Gasteiger partial charge < -0.3 is 15.8 Å². The van der Waals surface area contributed by atoms with Gasteiger partial charge in [-0.3, -0.25) is 24.5 Å². The first-order chi connectivity index (χ1) is 15.0. The Labute approximate surface area is 179 Å². The first-order valence-corrected chi connectivity index (χ1v) is 9.19. The first kappa shape index (κ1) is 24.3. The maximum atomic E-state index is 14.0. The van der Waals surface area contributed by atoms with Crippen molar-refractivity contribution >= 4 is 23.5 Å². The fourth-order valence-corrected chi connectivity index (χ4v) is 3.01. The average molecular weight is 453 g/mol. The Morgan fingerprint density at radius 2 is 1.69 bits per heavy atom. The van der Waals surface area contributed by atoms with Gasteiger partial charge in [0.15, 0.2) is 0 Å². The average Bonchev–Trinajstić information content (AvgIpc) is 2.70. The van der Waals surface area contributed by atoms with Crippen LogP contribution in [0.4, 0.5) is 18.9 Å². The van der Waals surface area contributed by atoms with Crippen LogP contribution in [0.1, 0.15) is 35.2 Å². The monoisotopic (exact) mass is 453 g/mol. The molecule has 0 unspecified atom stereocenters. The highest BCUT2D eigenvalue weighted by atomic mass is 19.1. The summed E-state index contributed by atoms with van der Waals surface area (Å²) in [6.07, 6.45) is -0.492. The number of non-ortho nitro benzene ring substituents is 1. The largest absolute Gasteiger partial charge is 0.466 e. The third kappa shape index (κ3) is 5.80. The van der Waals surface area contributed by atoms with Crippen LogP contribution in [0.15, 0.2) is 36.4 Å². The Morgan fingerprint density at radius 1 is 1.12 bits per heavy atom. The first-order valence-electron chi connectivity index (χ1n) is 9.19. The van der Waals surface area contributed by atoms with Crippen molar-refractivity contribution in [1.82, 2.24) is 5.32 Å². The SMILES string of the molecule is CCOC(=O)C[C@@H](c1ccc([N+](=O)[O-])cc1)[C@H](NC(=O)c1c(F)cc(F)cc1F)C(N)=O. The van der Waals surface area contributed by atoms with Crippen molar-refractivity contribution in [1.29, 1.82) is 0 Å². The number of esters is 1. The molecule has 0 radical (unpaired) electrons. The molecule has 0 aromatic heterocycles. The summed E-state index contributed by atoms with van der Waals surface area (Å²) in [7, 11) is 0. The van der Waals surface area contributed by atoms with Crippen molar-refractivity contribution in [3.63, 3.8) is 0 Å². The molecule has 0 aliphatic rings. The van der Waals surface area contributed by atoms with E-state index in [9.17, 15) is 37.7 Å². The van der Waals surface area contributed by atoms with Gasteiger partial charge in [-0.25, -0.2) is 13.2 Å². The van der Waals surface area contributed by atoms with E-state index in [1.54, 1.807) is 0 Å². The molecule has 0 spiro atoms. The lowest BCUT2D eigenvalue weighted by Crippen LogP contribution is -2.49. The molecule has 2 aromatic carbocycles. The number of hydrogen-bond acceptors (Lipinski definition) is 6. The molecule has 3 N–H and O–H groups in total. The molecule has 0 aliphatic heterocycles. The molecule has 0 heterocycles. The number of nitrogens with zero attached hydrogens (tertiary/aromatic N) is 1. The molecule has 170 valence electrons. The molecule has 0 saturated heterocycles. The summed E-state index contributed by atoms with van der Waals surface area (Å²) in [5.74, 6) is -8.83. The van der Waals surface area contributed by atoms with Gasteiger partial charge in [0, 0.05) is 30.2 Å². The van der Waals surface area contributed by atoms with Crippen molar-refractivity contribution in [2.75, 3.05) is 6.61 Å². The number of nitrogens with two attached hydrogens (primary N) is 1. The third-order valence-corrected chi connectivity index (χ3v) is 4.45. The minimum atomic E-state index is -1.67. The van der Waals surface area contributed by atoms with Gasteiger partial charge in [0.25, 0.3) is 11.6 Å². The summed E-state index contributed by atoms with van der Waals surface area (Å²) in [6.45, 7) is 1.54. The lowest BCUT2D eigenvalue weighted by atomic mass is 9.87.